The van der Waals surface area contributed by atoms with E-state index in [2.05, 4.69) is 48.1 Å². The van der Waals surface area contributed by atoms with E-state index in [1.54, 1.807) is 11.1 Å². The summed E-state index contributed by atoms with van der Waals surface area (Å²) in [6.07, 6.45) is 7.18. The molecule has 0 saturated heterocycles. The highest BCUT2D eigenvalue weighted by Gasteiger charge is 2.64. The molecule has 2 saturated carbocycles. The molecule has 0 bridgehead atoms. The van der Waals surface area contributed by atoms with Crippen molar-refractivity contribution in [2.24, 2.45) is 45.3 Å². The van der Waals surface area contributed by atoms with Gasteiger partial charge in [0.25, 0.3) is 0 Å². The van der Waals surface area contributed by atoms with Crippen molar-refractivity contribution in [3.05, 3.63) is 23.3 Å². The van der Waals surface area contributed by atoms with E-state index in [0.29, 0.717) is 11.8 Å². The topological polar surface area (TPSA) is 66.8 Å². The maximum Gasteiger partial charge on any atom is 0.303 e. The molecule has 4 nitrogen and oxygen atoms in total. The molecule has 0 radical (unpaired) electrons. The second-order valence-electron chi connectivity index (χ2n) is 14.8. The van der Waals surface area contributed by atoms with Crippen LogP contribution in [0.3, 0.4) is 0 Å². The maximum absolute atomic E-state index is 11.9. The molecule has 0 aromatic carbocycles. The summed E-state index contributed by atoms with van der Waals surface area (Å²) < 4.78 is 5.68. The summed E-state index contributed by atoms with van der Waals surface area (Å²) in [4.78, 5) is 11.9. The minimum atomic E-state index is -0.757. The molecule has 9 atom stereocenters. The minimum absolute atomic E-state index is 0.00418. The molecular formula is C33H54O4. The number of esters is 1. The summed E-state index contributed by atoms with van der Waals surface area (Å²) in [5.41, 5.74) is 4.57. The Morgan fingerprint density at radius 1 is 0.973 bits per heavy atom. The molecule has 210 valence electrons. The summed E-state index contributed by atoms with van der Waals surface area (Å²) in [6, 6.07) is 0. The van der Waals surface area contributed by atoms with Gasteiger partial charge in [0.2, 0.25) is 0 Å². The molecule has 4 heteroatoms. The van der Waals surface area contributed by atoms with Crippen LogP contribution in [0.25, 0.3) is 0 Å². The van der Waals surface area contributed by atoms with Crippen LogP contribution >= 0.6 is 0 Å². The summed E-state index contributed by atoms with van der Waals surface area (Å²) in [5.74, 6) is 0.657. The zero-order chi connectivity index (χ0) is 27.7. The maximum atomic E-state index is 11.9. The predicted octanol–water partition coefficient (Wildman–Crippen LogP) is 7.24. The van der Waals surface area contributed by atoms with Crippen molar-refractivity contribution >= 4 is 5.97 Å². The number of hydrogen-bond acceptors (Lipinski definition) is 4. The predicted molar refractivity (Wildman–Crippen MR) is 150 cm³/mol. The Morgan fingerprint density at radius 3 is 2.22 bits per heavy atom. The highest BCUT2D eigenvalue weighted by Crippen LogP contribution is 2.72. The number of aliphatic hydroxyl groups excluding tert-OH is 2. The highest BCUT2D eigenvalue weighted by molar-refractivity contribution is 5.66. The zero-order valence-electron chi connectivity index (χ0n) is 25.1. The molecule has 0 aromatic heterocycles. The van der Waals surface area contributed by atoms with Crippen molar-refractivity contribution in [2.75, 3.05) is 0 Å². The van der Waals surface area contributed by atoms with Gasteiger partial charge in [-0.3, -0.25) is 4.79 Å². The Kier molecular flexibility index (Phi) is 7.42. The van der Waals surface area contributed by atoms with Crippen molar-refractivity contribution in [2.45, 2.75) is 132 Å². The van der Waals surface area contributed by atoms with Gasteiger partial charge in [0.05, 0.1) is 12.2 Å². The first-order chi connectivity index (χ1) is 17.0. The molecule has 2 fully saturated rings. The molecule has 4 rings (SSSR count). The normalized spacial score (nSPS) is 41.4. The van der Waals surface area contributed by atoms with Crippen molar-refractivity contribution in [3.63, 3.8) is 0 Å². The van der Waals surface area contributed by atoms with Gasteiger partial charge in [0.1, 0.15) is 6.10 Å². The van der Waals surface area contributed by atoms with E-state index in [1.165, 1.54) is 6.92 Å². The van der Waals surface area contributed by atoms with E-state index in [1.807, 2.05) is 13.8 Å². The van der Waals surface area contributed by atoms with E-state index in [4.69, 9.17) is 4.74 Å². The van der Waals surface area contributed by atoms with Gasteiger partial charge in [-0.05, 0) is 102 Å². The molecule has 0 aliphatic heterocycles. The lowest BCUT2D eigenvalue weighted by molar-refractivity contribution is -0.153. The molecule has 4 aliphatic carbocycles. The second-order valence-corrected chi connectivity index (χ2v) is 14.8. The van der Waals surface area contributed by atoms with Crippen molar-refractivity contribution in [1.29, 1.82) is 0 Å². The SMILES string of the molecule is C=C(C(C)C)C(OC(C)=O)C(O)C(C)C1CCC2(C)C3=C(CCC12C)C1(C)CCC(O)C(C)(C)C1CC3. The average molecular weight is 515 g/mol. The number of hydrogen-bond donors (Lipinski definition) is 2. The van der Waals surface area contributed by atoms with Crippen LogP contribution in [0.4, 0.5) is 0 Å². The van der Waals surface area contributed by atoms with Crippen LogP contribution in [0.1, 0.15) is 114 Å². The number of fused-ring (bicyclic) bond motifs is 4. The van der Waals surface area contributed by atoms with Gasteiger partial charge in [-0.15, -0.1) is 0 Å². The highest BCUT2D eigenvalue weighted by atomic mass is 16.6. The molecule has 37 heavy (non-hydrogen) atoms. The molecule has 9 unspecified atom stereocenters. The standard InChI is InChI=1S/C33H54O4/c1-19(2)20(3)29(37-22(5)34)28(36)21(4)23-13-17-33(10)25-11-12-26-30(6,7)27(35)15-16-31(26,8)24(25)14-18-32(23,33)9/h19,21,23,26-29,35-36H,3,11-18H2,1-2,4-10H3. The third-order valence-corrected chi connectivity index (χ3v) is 12.7. The number of carbonyl (C=O) groups is 1. The molecular weight excluding hydrogens is 460 g/mol. The quantitative estimate of drug-likeness (QED) is 0.290. The number of allylic oxidation sites excluding steroid dienone is 2. The van der Waals surface area contributed by atoms with Gasteiger partial charge < -0.3 is 14.9 Å². The fourth-order valence-electron chi connectivity index (χ4n) is 9.95. The number of aliphatic hydroxyl groups is 2. The Labute approximate surface area is 226 Å². The number of carbonyl (C=O) groups excluding carboxylic acids is 1. The first-order valence-electron chi connectivity index (χ1n) is 15.0. The molecule has 4 aliphatic rings. The molecule has 0 spiro atoms. The number of rotatable bonds is 6. The van der Waals surface area contributed by atoms with Crippen LogP contribution in [0.5, 0.6) is 0 Å². The molecule has 2 N–H and O–H groups in total. The Hall–Kier alpha value is -1.13. The Bertz CT molecular complexity index is 961. The Morgan fingerprint density at radius 2 is 1.62 bits per heavy atom. The van der Waals surface area contributed by atoms with Crippen molar-refractivity contribution in [3.8, 4) is 0 Å². The van der Waals surface area contributed by atoms with Crippen LogP contribution in [-0.2, 0) is 9.53 Å². The van der Waals surface area contributed by atoms with Gasteiger partial charge in [-0.1, -0.05) is 73.1 Å². The van der Waals surface area contributed by atoms with Gasteiger partial charge in [-0.2, -0.15) is 0 Å². The lowest BCUT2D eigenvalue weighted by Crippen LogP contribution is -2.55. The van der Waals surface area contributed by atoms with Crippen LogP contribution in [0.2, 0.25) is 0 Å². The van der Waals surface area contributed by atoms with E-state index >= 15 is 0 Å². The summed E-state index contributed by atoms with van der Waals surface area (Å²) in [7, 11) is 0. The summed E-state index contributed by atoms with van der Waals surface area (Å²) >= 11 is 0. The second kappa shape index (κ2) is 9.51. The van der Waals surface area contributed by atoms with Crippen LogP contribution < -0.4 is 0 Å². The van der Waals surface area contributed by atoms with E-state index in [-0.39, 0.29) is 45.6 Å². The minimum Gasteiger partial charge on any atom is -0.455 e. The third-order valence-electron chi connectivity index (χ3n) is 12.7. The van der Waals surface area contributed by atoms with Gasteiger partial charge in [0.15, 0.2) is 0 Å². The molecule has 0 heterocycles. The first kappa shape index (κ1) is 28.9. The van der Waals surface area contributed by atoms with Crippen LogP contribution in [0.15, 0.2) is 23.3 Å². The monoisotopic (exact) mass is 514 g/mol. The van der Waals surface area contributed by atoms with Gasteiger partial charge in [0, 0.05) is 6.92 Å². The zero-order valence-corrected chi connectivity index (χ0v) is 25.1. The van der Waals surface area contributed by atoms with Crippen LogP contribution in [-0.4, -0.2) is 34.5 Å². The third kappa shape index (κ3) is 4.19. The smallest absolute Gasteiger partial charge is 0.303 e. The lowest BCUT2D eigenvalue weighted by atomic mass is 9.43. The van der Waals surface area contributed by atoms with Crippen LogP contribution in [0, 0.1) is 45.3 Å². The van der Waals surface area contributed by atoms with Crippen molar-refractivity contribution < 1.29 is 19.7 Å². The molecule has 0 aromatic rings. The largest absolute Gasteiger partial charge is 0.455 e. The van der Waals surface area contributed by atoms with E-state index in [0.717, 1.165) is 56.9 Å². The van der Waals surface area contributed by atoms with Gasteiger partial charge in [-0.25, -0.2) is 0 Å². The average Bonchev–Trinajstić information content (AvgIpc) is 3.10. The summed E-state index contributed by atoms with van der Waals surface area (Å²) in [6.45, 7) is 24.0. The van der Waals surface area contributed by atoms with Crippen molar-refractivity contribution in [1.82, 2.24) is 0 Å². The van der Waals surface area contributed by atoms with Gasteiger partial charge >= 0.3 is 5.97 Å². The van der Waals surface area contributed by atoms with E-state index in [9.17, 15) is 15.0 Å². The first-order valence-corrected chi connectivity index (χ1v) is 15.0. The fourth-order valence-corrected chi connectivity index (χ4v) is 9.95. The lowest BCUT2D eigenvalue weighted by Gasteiger charge is -2.62. The Balaban J connectivity index is 1.66. The number of ether oxygens (including phenoxy) is 1. The fraction of sp³-hybridized carbons (Fsp3) is 0.848. The van der Waals surface area contributed by atoms with E-state index < -0.39 is 12.2 Å². The summed E-state index contributed by atoms with van der Waals surface area (Å²) in [5, 5.41) is 22.5. The molecule has 0 amide bonds.